The third kappa shape index (κ3) is 5.10. The van der Waals surface area contributed by atoms with Crippen molar-refractivity contribution in [1.82, 2.24) is 25.1 Å². The lowest BCUT2D eigenvalue weighted by molar-refractivity contribution is 0.0383. The Hall–Kier alpha value is -1.77. The van der Waals surface area contributed by atoms with E-state index in [1.54, 1.807) is 12.4 Å². The van der Waals surface area contributed by atoms with Crippen molar-refractivity contribution >= 4 is 11.9 Å². The highest BCUT2D eigenvalue weighted by molar-refractivity contribution is 5.93. The van der Waals surface area contributed by atoms with E-state index in [1.165, 1.54) is 0 Å². The molecule has 1 amide bonds. The van der Waals surface area contributed by atoms with Gasteiger partial charge in [0.15, 0.2) is 0 Å². The zero-order valence-corrected chi connectivity index (χ0v) is 15.0. The number of amides is 1. The van der Waals surface area contributed by atoms with E-state index in [0.29, 0.717) is 18.1 Å². The van der Waals surface area contributed by atoms with Crippen LogP contribution < -0.4 is 10.2 Å². The van der Waals surface area contributed by atoms with Crippen LogP contribution in [0.2, 0.25) is 0 Å². The first-order valence-electron chi connectivity index (χ1n) is 9.14. The molecule has 2 aliphatic heterocycles. The van der Waals surface area contributed by atoms with Crippen LogP contribution in [0.15, 0.2) is 12.4 Å². The fourth-order valence-electron chi connectivity index (χ4n) is 3.12. The summed E-state index contributed by atoms with van der Waals surface area (Å²) in [5, 5.41) is 2.94. The highest BCUT2D eigenvalue weighted by atomic mass is 16.5. The zero-order chi connectivity index (χ0) is 17.5. The molecule has 0 spiro atoms. The number of morpholine rings is 1. The minimum absolute atomic E-state index is 0.115. The van der Waals surface area contributed by atoms with Crippen LogP contribution in [-0.4, -0.2) is 97.8 Å². The van der Waals surface area contributed by atoms with E-state index >= 15 is 0 Å². The standard InChI is InChI=1S/C17H28N6O2/c1-2-21-5-7-23(8-6-21)17-19-13-15(14-20-17)16(24)18-3-4-22-9-11-25-12-10-22/h13-14H,2-12H2,1H3,(H,18,24). The molecule has 8 nitrogen and oxygen atoms in total. The molecule has 0 atom stereocenters. The predicted molar refractivity (Wildman–Crippen MR) is 96.0 cm³/mol. The number of hydrogen-bond acceptors (Lipinski definition) is 7. The van der Waals surface area contributed by atoms with Gasteiger partial charge in [-0.25, -0.2) is 9.97 Å². The lowest BCUT2D eigenvalue weighted by Gasteiger charge is -2.33. The fraction of sp³-hybridized carbons (Fsp3) is 0.706. The largest absolute Gasteiger partial charge is 0.379 e. The highest BCUT2D eigenvalue weighted by Gasteiger charge is 2.18. The van der Waals surface area contributed by atoms with Crippen LogP contribution >= 0.6 is 0 Å². The first-order chi connectivity index (χ1) is 12.3. The van der Waals surface area contributed by atoms with Crippen LogP contribution in [0.5, 0.6) is 0 Å². The number of likely N-dealkylation sites (N-methyl/N-ethyl adjacent to an activating group) is 1. The molecule has 25 heavy (non-hydrogen) atoms. The van der Waals surface area contributed by atoms with E-state index in [4.69, 9.17) is 4.74 Å². The minimum Gasteiger partial charge on any atom is -0.379 e. The monoisotopic (exact) mass is 348 g/mol. The summed E-state index contributed by atoms with van der Waals surface area (Å²) in [5.74, 6) is 0.594. The van der Waals surface area contributed by atoms with Crippen LogP contribution in [0.1, 0.15) is 17.3 Å². The van der Waals surface area contributed by atoms with Gasteiger partial charge in [0.05, 0.1) is 18.8 Å². The van der Waals surface area contributed by atoms with Crippen LogP contribution in [0, 0.1) is 0 Å². The molecule has 138 valence electrons. The van der Waals surface area contributed by atoms with E-state index in [0.717, 1.165) is 65.6 Å². The molecule has 3 rings (SSSR count). The summed E-state index contributed by atoms with van der Waals surface area (Å²) in [6.07, 6.45) is 3.25. The number of hydrogen-bond donors (Lipinski definition) is 1. The number of carbonyl (C=O) groups is 1. The van der Waals surface area contributed by atoms with Gasteiger partial charge in [-0.05, 0) is 6.54 Å². The molecule has 0 saturated carbocycles. The molecule has 0 radical (unpaired) electrons. The van der Waals surface area contributed by atoms with E-state index in [2.05, 4.69) is 36.9 Å². The number of nitrogens with zero attached hydrogens (tertiary/aromatic N) is 5. The van der Waals surface area contributed by atoms with E-state index in [-0.39, 0.29) is 5.91 Å². The molecule has 0 unspecified atom stereocenters. The van der Waals surface area contributed by atoms with Crippen LogP contribution in [0.3, 0.4) is 0 Å². The van der Waals surface area contributed by atoms with Crippen LogP contribution in [-0.2, 0) is 4.74 Å². The number of nitrogens with one attached hydrogen (secondary N) is 1. The molecule has 2 saturated heterocycles. The third-order valence-corrected chi connectivity index (χ3v) is 4.82. The Morgan fingerprint density at radius 1 is 1.08 bits per heavy atom. The molecule has 3 heterocycles. The lowest BCUT2D eigenvalue weighted by atomic mass is 10.3. The van der Waals surface area contributed by atoms with E-state index in [1.807, 2.05) is 0 Å². The Morgan fingerprint density at radius 2 is 1.76 bits per heavy atom. The Labute approximate surface area is 149 Å². The Balaban J connectivity index is 1.44. The molecule has 0 bridgehead atoms. The number of anilines is 1. The maximum absolute atomic E-state index is 12.2. The van der Waals surface area contributed by atoms with Gasteiger partial charge in [-0.1, -0.05) is 6.92 Å². The Morgan fingerprint density at radius 3 is 2.40 bits per heavy atom. The van der Waals surface area contributed by atoms with Gasteiger partial charge >= 0.3 is 0 Å². The van der Waals surface area contributed by atoms with Crippen molar-refractivity contribution in [2.75, 3.05) is 77.0 Å². The van der Waals surface area contributed by atoms with Crippen molar-refractivity contribution in [3.63, 3.8) is 0 Å². The predicted octanol–water partition coefficient (Wildman–Crippen LogP) is -0.319. The van der Waals surface area contributed by atoms with Crippen LogP contribution in [0.4, 0.5) is 5.95 Å². The molecule has 0 aliphatic carbocycles. The van der Waals surface area contributed by atoms with Gasteiger partial charge in [-0.15, -0.1) is 0 Å². The van der Waals surface area contributed by atoms with E-state index < -0.39 is 0 Å². The second-order valence-electron chi connectivity index (χ2n) is 6.40. The minimum atomic E-state index is -0.115. The van der Waals surface area contributed by atoms with Gasteiger partial charge in [-0.2, -0.15) is 0 Å². The molecule has 2 aliphatic rings. The average molecular weight is 348 g/mol. The molecule has 8 heteroatoms. The summed E-state index contributed by atoms with van der Waals surface area (Å²) in [7, 11) is 0. The summed E-state index contributed by atoms with van der Waals surface area (Å²) in [4.78, 5) is 27.8. The number of ether oxygens (including phenoxy) is 1. The second kappa shape index (κ2) is 9.07. The summed E-state index contributed by atoms with van der Waals surface area (Å²) >= 11 is 0. The topological polar surface area (TPSA) is 73.8 Å². The maximum atomic E-state index is 12.2. The summed E-state index contributed by atoms with van der Waals surface area (Å²) in [5.41, 5.74) is 0.512. The molecular weight excluding hydrogens is 320 g/mol. The third-order valence-electron chi connectivity index (χ3n) is 4.82. The summed E-state index contributed by atoms with van der Waals surface area (Å²) in [6.45, 7) is 12.1. The van der Waals surface area contributed by atoms with Crippen molar-refractivity contribution in [3.05, 3.63) is 18.0 Å². The van der Waals surface area contributed by atoms with Gasteiger partial charge in [-0.3, -0.25) is 9.69 Å². The number of rotatable bonds is 6. The zero-order valence-electron chi connectivity index (χ0n) is 15.0. The maximum Gasteiger partial charge on any atom is 0.254 e. The molecule has 1 aromatic heterocycles. The van der Waals surface area contributed by atoms with Gasteiger partial charge in [0.2, 0.25) is 5.95 Å². The molecular formula is C17H28N6O2. The lowest BCUT2D eigenvalue weighted by Crippen LogP contribution is -2.46. The fourth-order valence-corrected chi connectivity index (χ4v) is 3.12. The van der Waals surface area contributed by atoms with Crippen molar-refractivity contribution in [2.45, 2.75) is 6.92 Å². The Bertz CT molecular complexity index is 539. The summed E-state index contributed by atoms with van der Waals surface area (Å²) < 4.78 is 5.32. The SMILES string of the molecule is CCN1CCN(c2ncc(C(=O)NCCN3CCOCC3)cn2)CC1. The highest BCUT2D eigenvalue weighted by Crippen LogP contribution is 2.10. The van der Waals surface area contributed by atoms with Crippen molar-refractivity contribution in [3.8, 4) is 0 Å². The number of aromatic nitrogens is 2. The van der Waals surface area contributed by atoms with Gasteiger partial charge < -0.3 is 19.9 Å². The first-order valence-corrected chi connectivity index (χ1v) is 9.14. The number of piperazine rings is 1. The van der Waals surface area contributed by atoms with Crippen molar-refractivity contribution in [1.29, 1.82) is 0 Å². The van der Waals surface area contributed by atoms with Gasteiger partial charge in [0.1, 0.15) is 0 Å². The van der Waals surface area contributed by atoms with Crippen molar-refractivity contribution < 1.29 is 9.53 Å². The number of carbonyl (C=O) groups excluding carboxylic acids is 1. The van der Waals surface area contributed by atoms with Crippen LogP contribution in [0.25, 0.3) is 0 Å². The summed E-state index contributed by atoms with van der Waals surface area (Å²) in [6, 6.07) is 0. The smallest absolute Gasteiger partial charge is 0.254 e. The molecule has 2 fully saturated rings. The molecule has 1 aromatic rings. The normalized spacial score (nSPS) is 19.8. The molecule has 1 N–H and O–H groups in total. The average Bonchev–Trinajstić information content (AvgIpc) is 2.69. The van der Waals surface area contributed by atoms with Gasteiger partial charge in [0.25, 0.3) is 5.91 Å². The Kier molecular flexibility index (Phi) is 6.55. The molecule has 0 aromatic carbocycles. The van der Waals surface area contributed by atoms with Crippen molar-refractivity contribution in [2.24, 2.45) is 0 Å². The van der Waals surface area contributed by atoms with Gasteiger partial charge in [0, 0.05) is 64.8 Å². The second-order valence-corrected chi connectivity index (χ2v) is 6.40. The first kappa shape index (κ1) is 18.0. The quantitative estimate of drug-likeness (QED) is 0.755. The van der Waals surface area contributed by atoms with E-state index in [9.17, 15) is 4.79 Å².